The van der Waals surface area contributed by atoms with Crippen LogP contribution < -0.4 is 5.32 Å². The maximum Gasteiger partial charge on any atom is 0.329 e. The quantitative estimate of drug-likeness (QED) is 0.700. The van der Waals surface area contributed by atoms with E-state index < -0.39 is 12.0 Å². The zero-order chi connectivity index (χ0) is 12.6. The fourth-order valence-electron chi connectivity index (χ4n) is 0.935. The van der Waals surface area contributed by atoms with Gasteiger partial charge in [0.2, 0.25) is 5.91 Å². The van der Waals surface area contributed by atoms with Crippen molar-refractivity contribution in [3.8, 4) is 0 Å². The SMILES string of the molecule is CCOC(=O)[C@H](CSC(=O)CC)NC(C)=O. The zero-order valence-electron chi connectivity index (χ0n) is 9.74. The molecule has 0 saturated heterocycles. The van der Waals surface area contributed by atoms with Crippen molar-refractivity contribution in [3.05, 3.63) is 0 Å². The summed E-state index contributed by atoms with van der Waals surface area (Å²) in [5, 5.41) is 2.44. The highest BCUT2D eigenvalue weighted by Gasteiger charge is 2.21. The molecule has 0 spiro atoms. The van der Waals surface area contributed by atoms with Gasteiger partial charge in [0.15, 0.2) is 5.12 Å². The Hall–Kier alpha value is -1.04. The molecule has 0 aromatic rings. The van der Waals surface area contributed by atoms with E-state index >= 15 is 0 Å². The normalized spacial score (nSPS) is 11.7. The summed E-state index contributed by atoms with van der Waals surface area (Å²) in [6, 6.07) is -0.752. The topological polar surface area (TPSA) is 72.5 Å². The molecule has 0 aromatic heterocycles. The van der Waals surface area contributed by atoms with E-state index in [0.29, 0.717) is 6.42 Å². The van der Waals surface area contributed by atoms with E-state index in [1.54, 1.807) is 13.8 Å². The maximum atomic E-state index is 11.4. The highest BCUT2D eigenvalue weighted by molar-refractivity contribution is 8.13. The Labute approximate surface area is 99.3 Å². The van der Waals surface area contributed by atoms with Crippen LogP contribution in [0.4, 0.5) is 0 Å². The molecule has 92 valence electrons. The van der Waals surface area contributed by atoms with E-state index in [-0.39, 0.29) is 23.4 Å². The third-order valence-electron chi connectivity index (χ3n) is 1.65. The smallest absolute Gasteiger partial charge is 0.329 e. The molecule has 0 saturated carbocycles. The van der Waals surface area contributed by atoms with Gasteiger partial charge in [-0.05, 0) is 6.92 Å². The molecule has 0 fully saturated rings. The van der Waals surface area contributed by atoms with Crippen LogP contribution in [0.5, 0.6) is 0 Å². The fourth-order valence-corrected chi connectivity index (χ4v) is 1.71. The lowest BCUT2D eigenvalue weighted by Gasteiger charge is -2.15. The van der Waals surface area contributed by atoms with Gasteiger partial charge in [0.05, 0.1) is 6.61 Å². The van der Waals surface area contributed by atoms with Gasteiger partial charge in [-0.2, -0.15) is 0 Å². The van der Waals surface area contributed by atoms with Crippen molar-refractivity contribution in [3.63, 3.8) is 0 Å². The first-order chi connectivity index (χ1) is 7.51. The summed E-state index contributed by atoms with van der Waals surface area (Å²) in [5.74, 6) is -0.609. The predicted octanol–water partition coefficient (Wildman–Crippen LogP) is 0.724. The fraction of sp³-hybridized carbons (Fsp3) is 0.700. The Morgan fingerprint density at radius 1 is 1.31 bits per heavy atom. The van der Waals surface area contributed by atoms with Gasteiger partial charge in [-0.25, -0.2) is 4.79 Å². The summed E-state index contributed by atoms with van der Waals surface area (Å²) >= 11 is 1.03. The number of nitrogens with one attached hydrogen (secondary N) is 1. The molecule has 0 bridgehead atoms. The molecule has 5 nitrogen and oxygen atoms in total. The Kier molecular flexibility index (Phi) is 7.62. The molecular formula is C10H17NO4S. The minimum absolute atomic E-state index is 0.0142. The minimum atomic E-state index is -0.752. The average molecular weight is 247 g/mol. The molecule has 1 amide bonds. The van der Waals surface area contributed by atoms with Crippen LogP contribution >= 0.6 is 11.8 Å². The molecule has 0 heterocycles. The molecule has 0 aliphatic carbocycles. The van der Waals surface area contributed by atoms with Crippen molar-refractivity contribution < 1.29 is 19.1 Å². The summed E-state index contributed by atoms with van der Waals surface area (Å²) < 4.78 is 4.79. The number of thioether (sulfide) groups is 1. The first-order valence-electron chi connectivity index (χ1n) is 5.10. The Balaban J connectivity index is 4.25. The lowest BCUT2D eigenvalue weighted by atomic mass is 10.3. The third kappa shape index (κ3) is 6.44. The van der Waals surface area contributed by atoms with Gasteiger partial charge in [0.1, 0.15) is 6.04 Å². The molecule has 16 heavy (non-hydrogen) atoms. The Bertz CT molecular complexity index is 268. The number of hydrogen-bond donors (Lipinski definition) is 1. The van der Waals surface area contributed by atoms with Gasteiger partial charge < -0.3 is 10.1 Å². The average Bonchev–Trinajstić information content (AvgIpc) is 2.23. The van der Waals surface area contributed by atoms with Crippen LogP contribution in [-0.2, 0) is 19.1 Å². The monoisotopic (exact) mass is 247 g/mol. The molecule has 0 aliphatic rings. The van der Waals surface area contributed by atoms with Crippen LogP contribution in [0.3, 0.4) is 0 Å². The zero-order valence-corrected chi connectivity index (χ0v) is 10.6. The number of ether oxygens (including phenoxy) is 1. The van der Waals surface area contributed by atoms with Crippen LogP contribution in [-0.4, -0.2) is 35.4 Å². The molecule has 0 rings (SSSR count). The summed E-state index contributed by atoms with van der Waals surface area (Å²) in [6.45, 7) is 5.00. The van der Waals surface area contributed by atoms with Crippen molar-refractivity contribution in [2.24, 2.45) is 0 Å². The summed E-state index contributed by atoms with van der Waals surface area (Å²) in [5.41, 5.74) is 0. The van der Waals surface area contributed by atoms with Gasteiger partial charge in [-0.15, -0.1) is 0 Å². The number of carbonyl (C=O) groups is 3. The number of esters is 1. The predicted molar refractivity (Wildman–Crippen MR) is 62.0 cm³/mol. The van der Waals surface area contributed by atoms with Crippen molar-refractivity contribution in [1.82, 2.24) is 5.32 Å². The second-order valence-electron chi connectivity index (χ2n) is 3.04. The molecule has 6 heteroatoms. The highest BCUT2D eigenvalue weighted by atomic mass is 32.2. The van der Waals surface area contributed by atoms with E-state index in [1.165, 1.54) is 6.92 Å². The molecule has 0 aromatic carbocycles. The molecule has 0 radical (unpaired) electrons. The second kappa shape index (κ2) is 8.15. The van der Waals surface area contributed by atoms with Crippen molar-refractivity contribution in [2.45, 2.75) is 33.2 Å². The summed E-state index contributed by atoms with van der Waals surface area (Å²) in [4.78, 5) is 33.4. The van der Waals surface area contributed by atoms with Gasteiger partial charge >= 0.3 is 5.97 Å². The number of rotatable bonds is 6. The molecule has 0 unspecified atom stereocenters. The third-order valence-corrected chi connectivity index (χ3v) is 2.76. The first-order valence-corrected chi connectivity index (χ1v) is 6.09. The summed E-state index contributed by atoms with van der Waals surface area (Å²) in [6.07, 6.45) is 0.403. The van der Waals surface area contributed by atoms with Gasteiger partial charge in [0, 0.05) is 19.1 Å². The standard InChI is InChI=1S/C10H17NO4S/c1-4-9(13)16-6-8(11-7(3)12)10(14)15-5-2/h8H,4-6H2,1-3H3,(H,11,12)/t8-/m0/s1. The van der Waals surface area contributed by atoms with Crippen LogP contribution in [0.1, 0.15) is 27.2 Å². The van der Waals surface area contributed by atoms with Crippen LogP contribution in [0.15, 0.2) is 0 Å². The van der Waals surface area contributed by atoms with Crippen molar-refractivity contribution >= 4 is 28.8 Å². The highest BCUT2D eigenvalue weighted by Crippen LogP contribution is 2.08. The van der Waals surface area contributed by atoms with Crippen molar-refractivity contribution in [1.29, 1.82) is 0 Å². The van der Waals surface area contributed by atoms with Gasteiger partial charge in [-0.1, -0.05) is 18.7 Å². The van der Waals surface area contributed by atoms with E-state index in [4.69, 9.17) is 4.74 Å². The Morgan fingerprint density at radius 2 is 1.94 bits per heavy atom. The van der Waals surface area contributed by atoms with Crippen molar-refractivity contribution in [2.75, 3.05) is 12.4 Å². The molecule has 1 N–H and O–H groups in total. The van der Waals surface area contributed by atoms with Crippen LogP contribution in [0.2, 0.25) is 0 Å². The van der Waals surface area contributed by atoms with Crippen LogP contribution in [0, 0.1) is 0 Å². The van der Waals surface area contributed by atoms with E-state index in [2.05, 4.69) is 5.32 Å². The lowest BCUT2D eigenvalue weighted by molar-refractivity contribution is -0.146. The Morgan fingerprint density at radius 3 is 2.38 bits per heavy atom. The van der Waals surface area contributed by atoms with Gasteiger partial charge in [-0.3, -0.25) is 9.59 Å². The number of amides is 1. The molecular weight excluding hydrogens is 230 g/mol. The number of carbonyl (C=O) groups excluding carboxylic acids is 3. The van der Waals surface area contributed by atoms with E-state index in [1.807, 2.05) is 0 Å². The second-order valence-corrected chi connectivity index (χ2v) is 4.12. The lowest BCUT2D eigenvalue weighted by Crippen LogP contribution is -2.42. The van der Waals surface area contributed by atoms with E-state index in [0.717, 1.165) is 11.8 Å². The first kappa shape index (κ1) is 15.0. The molecule has 0 aliphatic heterocycles. The number of hydrogen-bond acceptors (Lipinski definition) is 5. The van der Waals surface area contributed by atoms with Gasteiger partial charge in [0.25, 0.3) is 0 Å². The van der Waals surface area contributed by atoms with Crippen LogP contribution in [0.25, 0.3) is 0 Å². The maximum absolute atomic E-state index is 11.4. The van der Waals surface area contributed by atoms with E-state index in [9.17, 15) is 14.4 Å². The largest absolute Gasteiger partial charge is 0.464 e. The summed E-state index contributed by atoms with van der Waals surface area (Å²) in [7, 11) is 0. The molecule has 1 atom stereocenters. The minimum Gasteiger partial charge on any atom is -0.464 e.